The van der Waals surface area contributed by atoms with Crippen molar-refractivity contribution in [3.8, 4) is 6.07 Å². The Morgan fingerprint density at radius 1 is 1.44 bits per heavy atom. The number of carbonyl (C=O) groups is 1. The summed E-state index contributed by atoms with van der Waals surface area (Å²) in [7, 11) is 0. The molecule has 0 unspecified atom stereocenters. The summed E-state index contributed by atoms with van der Waals surface area (Å²) in [6, 6.07) is 9.31. The Morgan fingerprint density at radius 3 is 2.56 bits per heavy atom. The molecule has 0 spiro atoms. The summed E-state index contributed by atoms with van der Waals surface area (Å²) < 4.78 is 4.93. The minimum Gasteiger partial charge on any atom is -0.466 e. The molecule has 0 aliphatic carbocycles. The van der Waals surface area contributed by atoms with E-state index in [-0.39, 0.29) is 11.9 Å². The Labute approximate surface area is 95.7 Å². The normalized spacial score (nSPS) is 11.6. The lowest BCUT2D eigenvalue weighted by Gasteiger charge is -2.10. The molecule has 1 atom stereocenters. The van der Waals surface area contributed by atoms with Crippen molar-refractivity contribution in [3.63, 3.8) is 0 Å². The lowest BCUT2D eigenvalue weighted by Crippen LogP contribution is -2.16. The third-order valence-electron chi connectivity index (χ3n) is 2.31. The molecule has 1 rings (SSSR count). The van der Waals surface area contributed by atoms with E-state index in [1.54, 1.807) is 19.1 Å². The molecular formula is C13H15NO2. The van der Waals surface area contributed by atoms with E-state index in [2.05, 4.69) is 6.07 Å². The molecule has 3 heteroatoms. The van der Waals surface area contributed by atoms with Crippen LogP contribution < -0.4 is 0 Å². The summed E-state index contributed by atoms with van der Waals surface area (Å²) >= 11 is 0. The van der Waals surface area contributed by atoms with Crippen molar-refractivity contribution in [2.75, 3.05) is 6.61 Å². The predicted octanol–water partition coefficient (Wildman–Crippen LogP) is 2.30. The summed E-state index contributed by atoms with van der Waals surface area (Å²) in [6.45, 7) is 4.05. The fourth-order valence-electron chi connectivity index (χ4n) is 1.44. The molecule has 84 valence electrons. The van der Waals surface area contributed by atoms with E-state index in [1.165, 1.54) is 0 Å². The zero-order chi connectivity index (χ0) is 12.0. The first-order chi connectivity index (χ1) is 7.67. The van der Waals surface area contributed by atoms with Crippen LogP contribution in [0, 0.1) is 17.2 Å². The number of carbonyl (C=O) groups excluding carboxylic acids is 1. The van der Waals surface area contributed by atoms with Crippen LogP contribution in [0.5, 0.6) is 0 Å². The van der Waals surface area contributed by atoms with E-state index in [0.717, 1.165) is 5.56 Å². The van der Waals surface area contributed by atoms with Crippen LogP contribution in [0.3, 0.4) is 0 Å². The van der Waals surface area contributed by atoms with Gasteiger partial charge in [-0.15, -0.1) is 0 Å². The van der Waals surface area contributed by atoms with E-state index in [0.29, 0.717) is 18.6 Å². The maximum absolute atomic E-state index is 11.4. The highest BCUT2D eigenvalue weighted by atomic mass is 16.5. The second-order valence-electron chi connectivity index (χ2n) is 3.67. The van der Waals surface area contributed by atoms with Crippen molar-refractivity contribution >= 4 is 5.97 Å². The molecule has 16 heavy (non-hydrogen) atoms. The van der Waals surface area contributed by atoms with Gasteiger partial charge in [0, 0.05) is 0 Å². The molecule has 3 nitrogen and oxygen atoms in total. The third-order valence-corrected chi connectivity index (χ3v) is 2.31. The zero-order valence-electron chi connectivity index (χ0n) is 9.56. The smallest absolute Gasteiger partial charge is 0.308 e. The van der Waals surface area contributed by atoms with E-state index >= 15 is 0 Å². The van der Waals surface area contributed by atoms with Crippen molar-refractivity contribution in [1.82, 2.24) is 0 Å². The van der Waals surface area contributed by atoms with Gasteiger partial charge in [0.2, 0.25) is 0 Å². The van der Waals surface area contributed by atoms with Crippen LogP contribution >= 0.6 is 0 Å². The Balaban J connectivity index is 2.59. The zero-order valence-corrected chi connectivity index (χ0v) is 9.56. The summed E-state index contributed by atoms with van der Waals surface area (Å²) in [6.07, 6.45) is 0.643. The summed E-state index contributed by atoms with van der Waals surface area (Å²) in [5.74, 6) is -0.320. The van der Waals surface area contributed by atoms with E-state index in [4.69, 9.17) is 10.00 Å². The minimum absolute atomic E-state index is 0.145. The summed E-state index contributed by atoms with van der Waals surface area (Å²) in [5, 5.41) is 8.64. The van der Waals surface area contributed by atoms with Crippen LogP contribution in [-0.4, -0.2) is 12.6 Å². The molecule has 1 aromatic rings. The second-order valence-corrected chi connectivity index (χ2v) is 3.67. The van der Waals surface area contributed by atoms with Gasteiger partial charge in [-0.25, -0.2) is 0 Å². The van der Waals surface area contributed by atoms with Gasteiger partial charge in [0.1, 0.15) is 0 Å². The Morgan fingerprint density at radius 2 is 2.06 bits per heavy atom. The summed E-state index contributed by atoms with van der Waals surface area (Å²) in [4.78, 5) is 11.4. The minimum atomic E-state index is -0.174. The van der Waals surface area contributed by atoms with Gasteiger partial charge in [0.15, 0.2) is 0 Å². The van der Waals surface area contributed by atoms with Gasteiger partial charge >= 0.3 is 5.97 Å². The van der Waals surface area contributed by atoms with Crippen LogP contribution in [0.15, 0.2) is 24.3 Å². The fraction of sp³-hybridized carbons (Fsp3) is 0.385. The van der Waals surface area contributed by atoms with Crippen molar-refractivity contribution in [2.24, 2.45) is 5.92 Å². The SMILES string of the molecule is CCOC(=O)[C@H](C)Cc1ccc(C#N)cc1. The van der Waals surface area contributed by atoms with Crippen molar-refractivity contribution in [1.29, 1.82) is 5.26 Å². The quantitative estimate of drug-likeness (QED) is 0.727. The molecule has 0 fully saturated rings. The fourth-order valence-corrected chi connectivity index (χ4v) is 1.44. The first kappa shape index (κ1) is 12.3. The maximum Gasteiger partial charge on any atom is 0.308 e. The van der Waals surface area contributed by atoms with Crippen molar-refractivity contribution < 1.29 is 9.53 Å². The molecule has 0 bridgehead atoms. The van der Waals surface area contributed by atoms with Crippen LogP contribution in [0.2, 0.25) is 0 Å². The highest BCUT2D eigenvalue weighted by Crippen LogP contribution is 2.11. The van der Waals surface area contributed by atoms with Crippen LogP contribution in [0.25, 0.3) is 0 Å². The number of hydrogen-bond donors (Lipinski definition) is 0. The van der Waals surface area contributed by atoms with Gasteiger partial charge in [-0.1, -0.05) is 19.1 Å². The van der Waals surface area contributed by atoms with Crippen molar-refractivity contribution in [2.45, 2.75) is 20.3 Å². The predicted molar refractivity (Wildman–Crippen MR) is 60.7 cm³/mol. The van der Waals surface area contributed by atoms with Crippen LogP contribution in [-0.2, 0) is 16.0 Å². The number of ether oxygens (including phenoxy) is 1. The molecule has 0 heterocycles. The Hall–Kier alpha value is -1.82. The molecule has 0 saturated carbocycles. The van der Waals surface area contributed by atoms with Crippen LogP contribution in [0.1, 0.15) is 25.0 Å². The van der Waals surface area contributed by atoms with Gasteiger partial charge in [-0.3, -0.25) is 4.79 Å². The van der Waals surface area contributed by atoms with E-state index < -0.39 is 0 Å². The molecule has 0 amide bonds. The monoisotopic (exact) mass is 217 g/mol. The van der Waals surface area contributed by atoms with Crippen molar-refractivity contribution in [3.05, 3.63) is 35.4 Å². The first-order valence-electron chi connectivity index (χ1n) is 5.33. The number of nitriles is 1. The highest BCUT2D eigenvalue weighted by molar-refractivity contribution is 5.72. The molecule has 0 aliphatic heterocycles. The number of rotatable bonds is 4. The van der Waals surface area contributed by atoms with E-state index in [9.17, 15) is 4.79 Å². The molecule has 0 aromatic heterocycles. The van der Waals surface area contributed by atoms with Gasteiger partial charge < -0.3 is 4.74 Å². The average Bonchev–Trinajstić information content (AvgIpc) is 2.30. The topological polar surface area (TPSA) is 50.1 Å². The number of nitrogens with zero attached hydrogens (tertiary/aromatic N) is 1. The standard InChI is InChI=1S/C13H15NO2/c1-3-16-13(15)10(2)8-11-4-6-12(9-14)7-5-11/h4-7,10H,3,8H2,1-2H3/t10-/m1/s1. The van der Waals surface area contributed by atoms with E-state index in [1.807, 2.05) is 19.1 Å². The van der Waals surface area contributed by atoms with Gasteiger partial charge in [-0.05, 0) is 31.0 Å². The van der Waals surface area contributed by atoms with Crippen LogP contribution in [0.4, 0.5) is 0 Å². The van der Waals surface area contributed by atoms with Gasteiger partial charge in [0.05, 0.1) is 24.2 Å². The van der Waals surface area contributed by atoms with Gasteiger partial charge in [0.25, 0.3) is 0 Å². The third kappa shape index (κ3) is 3.39. The second kappa shape index (κ2) is 5.92. The highest BCUT2D eigenvalue weighted by Gasteiger charge is 2.14. The van der Waals surface area contributed by atoms with Gasteiger partial charge in [-0.2, -0.15) is 5.26 Å². The number of esters is 1. The molecular weight excluding hydrogens is 202 g/mol. The lowest BCUT2D eigenvalue weighted by atomic mass is 10.0. The molecule has 0 N–H and O–H groups in total. The first-order valence-corrected chi connectivity index (χ1v) is 5.33. The molecule has 1 aromatic carbocycles. The average molecular weight is 217 g/mol. The molecule has 0 radical (unpaired) electrons. The Kier molecular flexibility index (Phi) is 4.53. The largest absolute Gasteiger partial charge is 0.466 e. The lowest BCUT2D eigenvalue weighted by molar-refractivity contribution is -0.147. The maximum atomic E-state index is 11.4. The Bertz CT molecular complexity index is 389. The number of benzene rings is 1. The summed E-state index contributed by atoms with van der Waals surface area (Å²) in [5.41, 5.74) is 1.67. The molecule has 0 saturated heterocycles. The molecule has 0 aliphatic rings. The number of hydrogen-bond acceptors (Lipinski definition) is 3.